The molecule has 0 radical (unpaired) electrons. The summed E-state index contributed by atoms with van der Waals surface area (Å²) >= 11 is 6.04. The molecule has 2 heterocycles. The number of hydrogen-bond acceptors (Lipinski definition) is 4. The van der Waals surface area contributed by atoms with E-state index in [9.17, 15) is 9.59 Å². The second kappa shape index (κ2) is 7.23. The number of aromatic nitrogens is 2. The molecule has 8 heteroatoms. The molecule has 2 aliphatic rings. The Morgan fingerprint density at radius 1 is 1.26 bits per heavy atom. The van der Waals surface area contributed by atoms with E-state index in [0.29, 0.717) is 28.7 Å². The third-order valence-corrected chi connectivity index (χ3v) is 5.09. The number of halogens is 1. The van der Waals surface area contributed by atoms with Gasteiger partial charge in [0.1, 0.15) is 11.4 Å². The minimum absolute atomic E-state index is 0.192. The molecule has 2 aromatic rings. The van der Waals surface area contributed by atoms with E-state index in [-0.39, 0.29) is 23.7 Å². The highest BCUT2D eigenvalue weighted by molar-refractivity contribution is 6.31. The van der Waals surface area contributed by atoms with E-state index in [1.807, 2.05) is 4.57 Å². The van der Waals surface area contributed by atoms with E-state index in [1.54, 1.807) is 18.2 Å². The van der Waals surface area contributed by atoms with Crippen LogP contribution in [0.25, 0.3) is 0 Å². The van der Waals surface area contributed by atoms with Crippen LogP contribution in [0.15, 0.2) is 18.2 Å². The number of nitrogens with zero attached hydrogens (tertiary/aromatic N) is 2. The Balaban J connectivity index is 1.64. The minimum atomic E-state index is -0.385. The first-order valence-corrected chi connectivity index (χ1v) is 9.49. The number of anilines is 1. The van der Waals surface area contributed by atoms with Crippen LogP contribution < -0.4 is 15.4 Å². The largest absolute Gasteiger partial charge is 0.495 e. The summed E-state index contributed by atoms with van der Waals surface area (Å²) in [6.45, 7) is 0.675. The van der Waals surface area contributed by atoms with Gasteiger partial charge in [0.2, 0.25) is 0 Å². The molecule has 2 N–H and O–H groups in total. The predicted molar refractivity (Wildman–Crippen MR) is 102 cm³/mol. The molecule has 27 heavy (non-hydrogen) atoms. The normalized spacial score (nSPS) is 15.8. The maximum atomic E-state index is 12.9. The van der Waals surface area contributed by atoms with Crippen molar-refractivity contribution in [3.05, 3.63) is 40.4 Å². The summed E-state index contributed by atoms with van der Waals surface area (Å²) in [5, 5.41) is 6.26. The summed E-state index contributed by atoms with van der Waals surface area (Å²) in [7, 11) is 1.52. The Hall–Kier alpha value is -2.54. The third-order valence-electron chi connectivity index (χ3n) is 4.86. The predicted octanol–water partition coefficient (Wildman–Crippen LogP) is 3.03. The minimum Gasteiger partial charge on any atom is -0.495 e. The molecule has 0 unspecified atom stereocenters. The Labute approximate surface area is 162 Å². The van der Waals surface area contributed by atoms with E-state index < -0.39 is 0 Å². The van der Waals surface area contributed by atoms with Crippen molar-refractivity contribution >= 4 is 29.1 Å². The van der Waals surface area contributed by atoms with Crippen LogP contribution in [0.2, 0.25) is 5.02 Å². The van der Waals surface area contributed by atoms with Crippen molar-refractivity contribution in [2.24, 2.45) is 0 Å². The molecule has 1 aromatic heterocycles. The number of fused-ring (bicyclic) bond motifs is 1. The number of methoxy groups -OCH3 is 1. The van der Waals surface area contributed by atoms with Gasteiger partial charge in [-0.25, -0.2) is 4.98 Å². The molecular weight excluding hydrogens is 368 g/mol. The smallest absolute Gasteiger partial charge is 0.291 e. The Bertz CT molecular complexity index is 905. The van der Waals surface area contributed by atoms with Gasteiger partial charge in [-0.3, -0.25) is 9.59 Å². The van der Waals surface area contributed by atoms with Crippen LogP contribution in [-0.2, 0) is 13.0 Å². The van der Waals surface area contributed by atoms with Crippen LogP contribution >= 0.6 is 11.6 Å². The summed E-state index contributed by atoms with van der Waals surface area (Å²) in [6.07, 6.45) is 4.69. The molecule has 0 atom stereocenters. The average Bonchev–Trinajstić information content (AvgIpc) is 3.38. The first-order chi connectivity index (χ1) is 13.1. The van der Waals surface area contributed by atoms with Crippen molar-refractivity contribution in [1.82, 2.24) is 14.9 Å². The molecule has 7 nitrogen and oxygen atoms in total. The van der Waals surface area contributed by atoms with Gasteiger partial charge in [0.05, 0.1) is 18.5 Å². The third kappa shape index (κ3) is 3.64. The standard InChI is InChI=1S/C19H21ClN4O3/c1-27-15-8-5-11(20)10-13(15)22-19(26)17-23-16(18(25)21-12-6-7-12)14-4-2-3-9-24(14)17/h5,8,10,12H,2-4,6-7,9H2,1H3,(H,21,25)(H,22,26). The number of benzene rings is 1. The maximum absolute atomic E-state index is 12.9. The van der Waals surface area contributed by atoms with E-state index in [0.717, 1.165) is 37.8 Å². The fourth-order valence-electron chi connectivity index (χ4n) is 3.34. The molecule has 1 aliphatic carbocycles. The molecule has 0 spiro atoms. The Morgan fingerprint density at radius 2 is 2.07 bits per heavy atom. The van der Waals surface area contributed by atoms with Crippen LogP contribution in [0.4, 0.5) is 5.69 Å². The van der Waals surface area contributed by atoms with Gasteiger partial charge in [0.15, 0.2) is 5.82 Å². The first kappa shape index (κ1) is 17.9. The molecule has 1 saturated carbocycles. The van der Waals surface area contributed by atoms with E-state index in [1.165, 1.54) is 7.11 Å². The lowest BCUT2D eigenvalue weighted by molar-refractivity contribution is 0.0945. The molecular formula is C19H21ClN4O3. The summed E-state index contributed by atoms with van der Waals surface area (Å²) in [5.74, 6) is 0.171. The zero-order valence-corrected chi connectivity index (χ0v) is 15.8. The molecule has 4 rings (SSSR count). The number of amides is 2. The van der Waals surface area contributed by atoms with Crippen molar-refractivity contribution in [3.8, 4) is 5.75 Å². The van der Waals surface area contributed by atoms with Crippen molar-refractivity contribution in [1.29, 1.82) is 0 Å². The molecule has 1 aromatic carbocycles. The lowest BCUT2D eigenvalue weighted by atomic mass is 10.1. The van der Waals surface area contributed by atoms with Crippen LogP contribution in [0, 0.1) is 0 Å². The van der Waals surface area contributed by atoms with Gasteiger partial charge in [-0.2, -0.15) is 0 Å². The zero-order valence-electron chi connectivity index (χ0n) is 15.0. The maximum Gasteiger partial charge on any atom is 0.291 e. The van der Waals surface area contributed by atoms with Crippen molar-refractivity contribution < 1.29 is 14.3 Å². The number of rotatable bonds is 5. The fraction of sp³-hybridized carbons (Fsp3) is 0.421. The van der Waals surface area contributed by atoms with E-state index in [2.05, 4.69) is 15.6 Å². The number of nitrogens with one attached hydrogen (secondary N) is 2. The second-order valence-electron chi connectivity index (χ2n) is 6.89. The summed E-state index contributed by atoms with van der Waals surface area (Å²) in [4.78, 5) is 29.9. The average molecular weight is 389 g/mol. The van der Waals surface area contributed by atoms with E-state index >= 15 is 0 Å². The summed E-state index contributed by atoms with van der Waals surface area (Å²) in [6, 6.07) is 5.24. The van der Waals surface area contributed by atoms with Crippen LogP contribution in [0.5, 0.6) is 5.75 Å². The van der Waals surface area contributed by atoms with Gasteiger partial charge in [-0.05, 0) is 50.3 Å². The highest BCUT2D eigenvalue weighted by Gasteiger charge is 2.31. The topological polar surface area (TPSA) is 85.2 Å². The van der Waals surface area contributed by atoms with Gasteiger partial charge in [0, 0.05) is 17.6 Å². The van der Waals surface area contributed by atoms with Crippen LogP contribution in [0.1, 0.15) is 52.5 Å². The Kier molecular flexibility index (Phi) is 4.78. The van der Waals surface area contributed by atoms with Gasteiger partial charge >= 0.3 is 0 Å². The number of carbonyl (C=O) groups excluding carboxylic acids is 2. The summed E-state index contributed by atoms with van der Waals surface area (Å²) < 4.78 is 7.14. The van der Waals surface area contributed by atoms with Crippen molar-refractivity contribution in [2.45, 2.75) is 44.7 Å². The molecule has 1 fully saturated rings. The number of hydrogen-bond donors (Lipinski definition) is 2. The van der Waals surface area contributed by atoms with E-state index in [4.69, 9.17) is 16.3 Å². The van der Waals surface area contributed by atoms with Crippen molar-refractivity contribution in [2.75, 3.05) is 12.4 Å². The number of ether oxygens (including phenoxy) is 1. The quantitative estimate of drug-likeness (QED) is 0.824. The SMILES string of the molecule is COc1ccc(Cl)cc1NC(=O)c1nc(C(=O)NC2CC2)c2n1CCCC2. The number of carbonyl (C=O) groups is 2. The lowest BCUT2D eigenvalue weighted by Crippen LogP contribution is -2.27. The molecule has 1 aliphatic heterocycles. The Morgan fingerprint density at radius 3 is 2.81 bits per heavy atom. The molecule has 2 amide bonds. The first-order valence-electron chi connectivity index (χ1n) is 9.12. The molecule has 142 valence electrons. The van der Waals surface area contributed by atoms with Gasteiger partial charge in [-0.1, -0.05) is 11.6 Å². The monoisotopic (exact) mass is 388 g/mol. The van der Waals surface area contributed by atoms with Crippen LogP contribution in [-0.4, -0.2) is 34.5 Å². The van der Waals surface area contributed by atoms with Gasteiger partial charge in [0.25, 0.3) is 11.8 Å². The highest BCUT2D eigenvalue weighted by atomic mass is 35.5. The molecule has 0 saturated heterocycles. The zero-order chi connectivity index (χ0) is 19.0. The number of imidazole rings is 1. The van der Waals surface area contributed by atoms with Crippen LogP contribution in [0.3, 0.4) is 0 Å². The fourth-order valence-corrected chi connectivity index (χ4v) is 3.51. The second-order valence-corrected chi connectivity index (χ2v) is 7.32. The summed E-state index contributed by atoms with van der Waals surface area (Å²) in [5.41, 5.74) is 1.67. The van der Waals surface area contributed by atoms with Gasteiger partial charge in [-0.15, -0.1) is 0 Å². The molecule has 0 bridgehead atoms. The lowest BCUT2D eigenvalue weighted by Gasteiger charge is -2.17. The van der Waals surface area contributed by atoms with Crippen molar-refractivity contribution in [3.63, 3.8) is 0 Å². The highest BCUT2D eigenvalue weighted by Crippen LogP contribution is 2.29. The van der Waals surface area contributed by atoms with Gasteiger partial charge < -0.3 is 19.9 Å².